The number of carbonyl (C=O) groups excluding carboxylic acids is 1. The number of hydrogen-bond donors (Lipinski definition) is 2. The molecule has 0 aromatic carbocycles. The van der Waals surface area contributed by atoms with E-state index in [9.17, 15) is 9.59 Å². The van der Waals surface area contributed by atoms with E-state index in [1.807, 2.05) is 0 Å². The number of piperidine rings is 1. The number of carboxylic acids is 1. The van der Waals surface area contributed by atoms with E-state index in [-0.39, 0.29) is 18.4 Å². The molecule has 0 spiro atoms. The molecule has 2 rings (SSSR count). The molecule has 0 bridgehead atoms. The highest BCUT2D eigenvalue weighted by molar-refractivity contribution is 5.74. The molecule has 1 saturated heterocycles. The lowest BCUT2D eigenvalue weighted by molar-refractivity contribution is -0.138. The predicted molar refractivity (Wildman–Crippen MR) is 70.8 cm³/mol. The second-order valence-electron chi connectivity index (χ2n) is 4.90. The largest absolute Gasteiger partial charge is 0.481 e. The number of nitrogens with zero attached hydrogens (tertiary/aromatic N) is 3. The Labute approximate surface area is 117 Å². The number of rotatable bonds is 4. The molecule has 7 nitrogen and oxygen atoms in total. The van der Waals surface area contributed by atoms with E-state index in [2.05, 4.69) is 15.5 Å². The summed E-state index contributed by atoms with van der Waals surface area (Å²) in [5.41, 5.74) is 0.710. The Bertz CT molecular complexity index is 458. The molecular formula is C13H18N4O3. The van der Waals surface area contributed by atoms with Crippen LogP contribution >= 0.6 is 0 Å². The maximum Gasteiger partial charge on any atom is 0.317 e. The number of likely N-dealkylation sites (tertiary alicyclic amines) is 1. The maximum absolute atomic E-state index is 12.0. The molecule has 1 fully saturated rings. The minimum absolute atomic E-state index is 0.135. The van der Waals surface area contributed by atoms with E-state index in [0.29, 0.717) is 25.3 Å². The molecule has 108 valence electrons. The zero-order valence-electron chi connectivity index (χ0n) is 11.2. The van der Waals surface area contributed by atoms with Crippen LogP contribution in [0.2, 0.25) is 0 Å². The van der Waals surface area contributed by atoms with Crippen molar-refractivity contribution in [1.82, 2.24) is 20.4 Å². The summed E-state index contributed by atoms with van der Waals surface area (Å²) in [6.45, 7) is 1.55. The highest BCUT2D eigenvalue weighted by Crippen LogP contribution is 2.20. The van der Waals surface area contributed by atoms with Gasteiger partial charge in [0.1, 0.15) is 0 Å². The van der Waals surface area contributed by atoms with Crippen molar-refractivity contribution in [1.29, 1.82) is 0 Å². The smallest absolute Gasteiger partial charge is 0.317 e. The fraction of sp³-hybridized carbons (Fsp3) is 0.538. The number of urea groups is 1. The maximum atomic E-state index is 12.0. The number of nitrogens with one attached hydrogen (secondary N) is 1. The quantitative estimate of drug-likeness (QED) is 0.852. The first-order valence-corrected chi connectivity index (χ1v) is 6.66. The molecule has 1 aromatic rings. The van der Waals surface area contributed by atoms with Crippen LogP contribution in [0.15, 0.2) is 18.3 Å². The zero-order chi connectivity index (χ0) is 14.4. The molecule has 0 saturated carbocycles. The van der Waals surface area contributed by atoms with E-state index in [1.54, 1.807) is 23.2 Å². The first-order chi connectivity index (χ1) is 9.65. The summed E-state index contributed by atoms with van der Waals surface area (Å²) in [6.07, 6.45) is 3.25. The van der Waals surface area contributed by atoms with E-state index < -0.39 is 5.97 Å². The molecule has 0 unspecified atom stereocenters. The molecule has 1 aliphatic heterocycles. The molecule has 7 heteroatoms. The van der Waals surface area contributed by atoms with Crippen LogP contribution in [0, 0.1) is 5.92 Å². The molecule has 2 N–H and O–H groups in total. The van der Waals surface area contributed by atoms with Gasteiger partial charge >= 0.3 is 12.0 Å². The van der Waals surface area contributed by atoms with Crippen LogP contribution < -0.4 is 5.32 Å². The first kappa shape index (κ1) is 14.2. The standard InChI is InChI=1S/C13H18N4O3/c18-12(19)8-10-3-6-17(7-4-10)13(20)14-9-11-2-1-5-15-16-11/h1-2,5,10H,3-4,6-9H2,(H,14,20)(H,18,19). The molecular weight excluding hydrogens is 260 g/mol. The minimum atomic E-state index is -0.768. The van der Waals surface area contributed by atoms with Crippen LogP contribution in [-0.2, 0) is 11.3 Å². The van der Waals surface area contributed by atoms with Gasteiger partial charge in [0.2, 0.25) is 0 Å². The van der Waals surface area contributed by atoms with Crippen LogP contribution in [0.3, 0.4) is 0 Å². The number of carbonyl (C=O) groups is 2. The van der Waals surface area contributed by atoms with Crippen molar-refractivity contribution in [2.24, 2.45) is 5.92 Å². The summed E-state index contributed by atoms with van der Waals surface area (Å²) in [6, 6.07) is 3.43. The third kappa shape index (κ3) is 4.18. The average Bonchev–Trinajstić information content (AvgIpc) is 2.46. The van der Waals surface area contributed by atoms with Gasteiger partial charge in [-0.05, 0) is 30.9 Å². The van der Waals surface area contributed by atoms with Crippen LogP contribution in [-0.4, -0.2) is 45.3 Å². The lowest BCUT2D eigenvalue weighted by Gasteiger charge is -2.31. The van der Waals surface area contributed by atoms with Crippen LogP contribution in [0.1, 0.15) is 25.0 Å². The van der Waals surface area contributed by atoms with Gasteiger partial charge in [-0.2, -0.15) is 10.2 Å². The predicted octanol–water partition coefficient (Wildman–Crippen LogP) is 0.873. The van der Waals surface area contributed by atoms with E-state index in [0.717, 1.165) is 12.8 Å². The summed E-state index contributed by atoms with van der Waals surface area (Å²) in [5.74, 6) is -0.591. The third-order valence-electron chi connectivity index (χ3n) is 3.41. The van der Waals surface area contributed by atoms with Gasteiger partial charge in [0.25, 0.3) is 0 Å². The Kier molecular flexibility index (Phi) is 4.86. The molecule has 1 aromatic heterocycles. The number of aromatic nitrogens is 2. The van der Waals surface area contributed by atoms with Crippen LogP contribution in [0.4, 0.5) is 4.79 Å². The lowest BCUT2D eigenvalue weighted by Crippen LogP contribution is -2.44. The van der Waals surface area contributed by atoms with Crippen molar-refractivity contribution in [3.63, 3.8) is 0 Å². The Morgan fingerprint density at radius 2 is 2.15 bits per heavy atom. The summed E-state index contributed by atoms with van der Waals surface area (Å²) in [4.78, 5) is 24.3. The zero-order valence-corrected chi connectivity index (χ0v) is 11.2. The Balaban J connectivity index is 1.73. The number of carboxylic acid groups (broad SMARTS) is 1. The van der Waals surface area contributed by atoms with Crippen molar-refractivity contribution < 1.29 is 14.7 Å². The Hall–Kier alpha value is -2.18. The van der Waals surface area contributed by atoms with Gasteiger partial charge in [-0.15, -0.1) is 0 Å². The fourth-order valence-electron chi connectivity index (χ4n) is 2.29. The number of aliphatic carboxylic acids is 1. The van der Waals surface area contributed by atoms with Gasteiger partial charge in [0.15, 0.2) is 0 Å². The summed E-state index contributed by atoms with van der Waals surface area (Å²) in [7, 11) is 0. The second kappa shape index (κ2) is 6.83. The SMILES string of the molecule is O=C(O)CC1CCN(C(=O)NCc2cccnn2)CC1. The van der Waals surface area contributed by atoms with Crippen molar-refractivity contribution in [2.75, 3.05) is 13.1 Å². The topological polar surface area (TPSA) is 95.4 Å². The minimum Gasteiger partial charge on any atom is -0.481 e. The molecule has 20 heavy (non-hydrogen) atoms. The second-order valence-corrected chi connectivity index (χ2v) is 4.90. The number of amides is 2. The molecule has 1 aliphatic rings. The Morgan fingerprint density at radius 3 is 2.75 bits per heavy atom. The van der Waals surface area contributed by atoms with Crippen LogP contribution in [0.5, 0.6) is 0 Å². The monoisotopic (exact) mass is 278 g/mol. The molecule has 0 atom stereocenters. The lowest BCUT2D eigenvalue weighted by atomic mass is 9.94. The van der Waals surface area contributed by atoms with Gasteiger partial charge in [-0.3, -0.25) is 4.79 Å². The van der Waals surface area contributed by atoms with Gasteiger partial charge in [0, 0.05) is 25.7 Å². The van der Waals surface area contributed by atoms with Gasteiger partial charge in [0.05, 0.1) is 12.2 Å². The van der Waals surface area contributed by atoms with Crippen molar-refractivity contribution in [3.8, 4) is 0 Å². The molecule has 2 heterocycles. The first-order valence-electron chi connectivity index (χ1n) is 6.66. The summed E-state index contributed by atoms with van der Waals surface area (Å²) in [5, 5.41) is 19.2. The highest BCUT2D eigenvalue weighted by Gasteiger charge is 2.24. The highest BCUT2D eigenvalue weighted by atomic mass is 16.4. The summed E-state index contributed by atoms with van der Waals surface area (Å²) >= 11 is 0. The van der Waals surface area contributed by atoms with E-state index >= 15 is 0 Å². The van der Waals surface area contributed by atoms with Crippen molar-refractivity contribution >= 4 is 12.0 Å². The van der Waals surface area contributed by atoms with Crippen LogP contribution in [0.25, 0.3) is 0 Å². The summed E-state index contributed by atoms with van der Waals surface area (Å²) < 4.78 is 0. The molecule has 0 radical (unpaired) electrons. The van der Waals surface area contributed by atoms with E-state index in [4.69, 9.17) is 5.11 Å². The van der Waals surface area contributed by atoms with Crippen molar-refractivity contribution in [2.45, 2.75) is 25.8 Å². The molecule has 2 amide bonds. The molecule has 0 aliphatic carbocycles. The van der Waals surface area contributed by atoms with Crippen molar-refractivity contribution in [3.05, 3.63) is 24.0 Å². The average molecular weight is 278 g/mol. The Morgan fingerprint density at radius 1 is 1.40 bits per heavy atom. The fourth-order valence-corrected chi connectivity index (χ4v) is 2.29. The van der Waals surface area contributed by atoms with Gasteiger partial charge in [-0.1, -0.05) is 0 Å². The number of hydrogen-bond acceptors (Lipinski definition) is 4. The normalized spacial score (nSPS) is 15.9. The third-order valence-corrected chi connectivity index (χ3v) is 3.41. The van der Waals surface area contributed by atoms with E-state index in [1.165, 1.54) is 0 Å². The van der Waals surface area contributed by atoms with Gasteiger partial charge in [-0.25, -0.2) is 4.79 Å². The van der Waals surface area contributed by atoms with Gasteiger partial charge < -0.3 is 15.3 Å².